The summed E-state index contributed by atoms with van der Waals surface area (Å²) in [7, 11) is 0. The van der Waals surface area contributed by atoms with E-state index < -0.39 is 0 Å². The molecule has 72 valence electrons. The van der Waals surface area contributed by atoms with Gasteiger partial charge in [0, 0.05) is 6.42 Å². The Morgan fingerprint density at radius 1 is 1.29 bits per heavy atom. The van der Waals surface area contributed by atoms with E-state index >= 15 is 0 Å². The van der Waals surface area contributed by atoms with E-state index in [0.717, 1.165) is 12.8 Å². The molecule has 0 unspecified atom stereocenters. The first kappa shape index (κ1) is 13.7. The number of rotatable bonds is 4. The van der Waals surface area contributed by atoms with E-state index in [2.05, 4.69) is 31.2 Å². The summed E-state index contributed by atoms with van der Waals surface area (Å²) in [5.74, 6) is -0.216. The Labute approximate surface area is 107 Å². The molecule has 0 fully saturated rings. The predicted octanol–water partition coefficient (Wildman–Crippen LogP) is 1.15. The minimum atomic E-state index is -0.216. The summed E-state index contributed by atoms with van der Waals surface area (Å²) < 4.78 is 0. The molecule has 0 radical (unpaired) electrons. The summed E-state index contributed by atoms with van der Waals surface area (Å²) in [6.07, 6.45) is 2.26. The molecule has 1 aromatic rings. The van der Waals surface area contributed by atoms with Gasteiger partial charge in [-0.3, -0.25) is 4.79 Å². The van der Waals surface area contributed by atoms with Gasteiger partial charge in [0.25, 0.3) is 0 Å². The van der Waals surface area contributed by atoms with E-state index in [1.165, 1.54) is 11.1 Å². The van der Waals surface area contributed by atoms with Crippen molar-refractivity contribution in [2.45, 2.75) is 26.2 Å². The third kappa shape index (κ3) is 5.43. The minimum absolute atomic E-state index is 0. The number of amides is 1. The molecule has 1 rings (SSSR count). The number of benzene rings is 1. The molecule has 1 aromatic carbocycles. The maximum absolute atomic E-state index is 10.5. The Morgan fingerprint density at radius 3 is 2.36 bits per heavy atom. The molecule has 0 aliphatic carbocycles. The average molecular weight is 201 g/mol. The van der Waals surface area contributed by atoms with Crippen molar-refractivity contribution in [3.05, 3.63) is 35.4 Å². The summed E-state index contributed by atoms with van der Waals surface area (Å²) in [5.41, 5.74) is 7.57. The van der Waals surface area contributed by atoms with E-state index in [9.17, 15) is 4.79 Å². The molecule has 0 saturated carbocycles. The van der Waals surface area contributed by atoms with E-state index in [0.29, 0.717) is 6.42 Å². The second kappa shape index (κ2) is 7.04. The van der Waals surface area contributed by atoms with Crippen LogP contribution in [0.25, 0.3) is 0 Å². The van der Waals surface area contributed by atoms with Gasteiger partial charge >= 0.3 is 29.6 Å². The normalized spacial score (nSPS) is 9.21. The fraction of sp³-hybridized carbons (Fsp3) is 0.364. The van der Waals surface area contributed by atoms with Gasteiger partial charge in [-0.05, 0) is 25.3 Å². The van der Waals surface area contributed by atoms with Gasteiger partial charge in [0.1, 0.15) is 0 Å². The number of nitrogens with two attached hydrogens (primary N) is 1. The van der Waals surface area contributed by atoms with E-state index in [-0.39, 0.29) is 35.5 Å². The second-order valence-corrected chi connectivity index (χ2v) is 3.31. The topological polar surface area (TPSA) is 43.1 Å². The molecule has 0 bridgehead atoms. The average Bonchev–Trinajstić information content (AvgIpc) is 2.08. The van der Waals surface area contributed by atoms with Gasteiger partial charge in [-0.15, -0.1) is 0 Å². The first-order chi connectivity index (χ1) is 6.18. The van der Waals surface area contributed by atoms with Crippen molar-refractivity contribution in [2.75, 3.05) is 0 Å². The molecule has 1 amide bonds. The molecule has 2 nitrogen and oxygen atoms in total. The number of aryl methyl sites for hydroxylation is 2. The van der Waals surface area contributed by atoms with Gasteiger partial charge < -0.3 is 5.73 Å². The van der Waals surface area contributed by atoms with Crippen molar-refractivity contribution >= 4 is 35.5 Å². The molecule has 0 atom stereocenters. The molecular weight excluding hydrogens is 185 g/mol. The summed E-state index contributed by atoms with van der Waals surface area (Å²) in [4.78, 5) is 10.5. The summed E-state index contributed by atoms with van der Waals surface area (Å²) in [5, 5.41) is 0. The number of hydrogen-bond donors (Lipinski definition) is 1. The van der Waals surface area contributed by atoms with Crippen LogP contribution in [0.5, 0.6) is 0 Å². The van der Waals surface area contributed by atoms with Crippen LogP contribution in [0.2, 0.25) is 0 Å². The van der Waals surface area contributed by atoms with Crippen LogP contribution < -0.4 is 5.73 Å². The van der Waals surface area contributed by atoms with Crippen LogP contribution in [0, 0.1) is 6.92 Å². The Bertz CT molecular complexity index is 282. The Balaban J connectivity index is 0.00000169. The zero-order valence-electron chi connectivity index (χ0n) is 7.92. The summed E-state index contributed by atoms with van der Waals surface area (Å²) in [6.45, 7) is 2.06. The van der Waals surface area contributed by atoms with Gasteiger partial charge in [-0.2, -0.15) is 0 Å². The van der Waals surface area contributed by atoms with Crippen molar-refractivity contribution in [2.24, 2.45) is 5.73 Å². The number of hydrogen-bond acceptors (Lipinski definition) is 1. The molecule has 14 heavy (non-hydrogen) atoms. The number of carbonyl (C=O) groups is 1. The van der Waals surface area contributed by atoms with Crippen molar-refractivity contribution in [3.8, 4) is 0 Å². The van der Waals surface area contributed by atoms with Crippen molar-refractivity contribution in [1.29, 1.82) is 0 Å². The standard InChI is InChI=1S/C11H15NO.Na.H/c1-9-5-7-10(8-6-9)3-2-4-11(12)13;;/h5-8H,2-4H2,1H3,(H2,12,13);;. The Kier molecular flexibility index (Phi) is 6.89. The molecule has 0 heterocycles. The quantitative estimate of drug-likeness (QED) is 0.730. The molecule has 0 saturated heterocycles. The fourth-order valence-electron chi connectivity index (χ4n) is 1.22. The fourth-order valence-corrected chi connectivity index (χ4v) is 1.22. The van der Waals surface area contributed by atoms with Crippen LogP contribution in [-0.4, -0.2) is 35.5 Å². The van der Waals surface area contributed by atoms with Crippen LogP contribution in [0.1, 0.15) is 24.0 Å². The van der Waals surface area contributed by atoms with Gasteiger partial charge in [-0.25, -0.2) is 0 Å². The third-order valence-corrected chi connectivity index (χ3v) is 2.01. The molecule has 3 heteroatoms. The number of carbonyl (C=O) groups excluding carboxylic acids is 1. The Morgan fingerprint density at radius 2 is 1.86 bits per heavy atom. The van der Waals surface area contributed by atoms with E-state index in [1.54, 1.807) is 0 Å². The Hall–Kier alpha value is -0.310. The van der Waals surface area contributed by atoms with Crippen LogP contribution in [0.4, 0.5) is 0 Å². The van der Waals surface area contributed by atoms with E-state index in [4.69, 9.17) is 5.73 Å². The third-order valence-electron chi connectivity index (χ3n) is 2.01. The summed E-state index contributed by atoms with van der Waals surface area (Å²) in [6, 6.07) is 8.35. The van der Waals surface area contributed by atoms with E-state index in [1.807, 2.05) is 0 Å². The molecule has 2 N–H and O–H groups in total. The van der Waals surface area contributed by atoms with Gasteiger partial charge in [0.15, 0.2) is 0 Å². The first-order valence-corrected chi connectivity index (χ1v) is 4.52. The van der Waals surface area contributed by atoms with Crippen LogP contribution >= 0.6 is 0 Å². The van der Waals surface area contributed by atoms with Crippen LogP contribution in [0.3, 0.4) is 0 Å². The van der Waals surface area contributed by atoms with Crippen LogP contribution in [-0.2, 0) is 11.2 Å². The monoisotopic (exact) mass is 201 g/mol. The first-order valence-electron chi connectivity index (χ1n) is 4.52. The molecular formula is C11H16NNaO. The maximum atomic E-state index is 10.5. The molecule has 0 aliphatic rings. The van der Waals surface area contributed by atoms with Crippen molar-refractivity contribution in [3.63, 3.8) is 0 Å². The van der Waals surface area contributed by atoms with Gasteiger partial charge in [-0.1, -0.05) is 29.8 Å². The zero-order chi connectivity index (χ0) is 9.68. The summed E-state index contributed by atoms with van der Waals surface area (Å²) >= 11 is 0. The zero-order valence-corrected chi connectivity index (χ0v) is 7.92. The van der Waals surface area contributed by atoms with Gasteiger partial charge in [0.2, 0.25) is 5.91 Å². The van der Waals surface area contributed by atoms with Crippen LogP contribution in [0.15, 0.2) is 24.3 Å². The molecule has 0 aromatic heterocycles. The molecule has 0 aliphatic heterocycles. The SMILES string of the molecule is Cc1ccc(CCCC(N)=O)cc1.[NaH]. The second-order valence-electron chi connectivity index (χ2n) is 3.31. The predicted molar refractivity (Wildman–Crippen MR) is 60.5 cm³/mol. The van der Waals surface area contributed by atoms with Crippen molar-refractivity contribution < 1.29 is 4.79 Å². The van der Waals surface area contributed by atoms with Gasteiger partial charge in [0.05, 0.1) is 0 Å². The molecule has 0 spiro atoms. The number of primary amides is 1. The van der Waals surface area contributed by atoms with Crippen molar-refractivity contribution in [1.82, 2.24) is 0 Å².